The topological polar surface area (TPSA) is 61.2 Å². The smallest absolute Gasteiger partial charge is 0.304 e. The van der Waals surface area contributed by atoms with Crippen LogP contribution < -0.4 is 10.7 Å². The quantitative estimate of drug-likeness (QED) is 0.611. The Hall–Kier alpha value is -3.51. The summed E-state index contributed by atoms with van der Waals surface area (Å²) in [6, 6.07) is 18.8. The summed E-state index contributed by atoms with van der Waals surface area (Å²) in [6.07, 6.45) is 1.70. The highest BCUT2D eigenvalue weighted by Crippen LogP contribution is 2.27. The van der Waals surface area contributed by atoms with Gasteiger partial charge in [0.15, 0.2) is 6.04 Å². The van der Waals surface area contributed by atoms with Gasteiger partial charge in [0, 0.05) is 21.7 Å². The van der Waals surface area contributed by atoms with Gasteiger partial charge in [0.05, 0.1) is 0 Å². The van der Waals surface area contributed by atoms with E-state index in [0.29, 0.717) is 16.1 Å². The largest absolute Gasteiger partial charge is 0.334 e. The molecule has 1 aliphatic rings. The Bertz CT molecular complexity index is 1160. The highest BCUT2D eigenvalue weighted by molar-refractivity contribution is 6.30. The van der Waals surface area contributed by atoms with Gasteiger partial charge < -0.3 is 5.32 Å². The molecule has 0 aliphatic carbocycles. The Labute approximate surface area is 184 Å². The Morgan fingerprint density at radius 1 is 1.10 bits per heavy atom. The molecule has 4 rings (SSSR count). The summed E-state index contributed by atoms with van der Waals surface area (Å²) in [5, 5.41) is 3.42. The Kier molecular flexibility index (Phi) is 5.82. The number of hydrogen-bond acceptors (Lipinski definition) is 2. The first-order chi connectivity index (χ1) is 14.9. The third-order valence-electron chi connectivity index (χ3n) is 5.07. The number of hydrogen-bond donors (Lipinski definition) is 2. The molecule has 2 atom stereocenters. The maximum Gasteiger partial charge on any atom is 0.304 e. The average molecular weight is 437 g/mol. The molecular weight excluding hydrogens is 417 g/mol. The molecule has 156 valence electrons. The van der Waals surface area contributed by atoms with E-state index in [1.54, 1.807) is 53.4 Å². The number of hydrazone groups is 1. The first kappa shape index (κ1) is 20.8. The van der Waals surface area contributed by atoms with E-state index in [-0.39, 0.29) is 17.6 Å². The Morgan fingerprint density at radius 3 is 2.48 bits per heavy atom. The minimum Gasteiger partial charge on any atom is -0.334 e. The van der Waals surface area contributed by atoms with Crippen molar-refractivity contribution in [2.45, 2.75) is 19.0 Å². The molecule has 3 aromatic rings. The van der Waals surface area contributed by atoms with Gasteiger partial charge in [0.1, 0.15) is 5.82 Å². The number of nitrogens with zero attached hydrogens (tertiary/aromatic N) is 1. The average Bonchev–Trinajstić information content (AvgIpc) is 3.05. The van der Waals surface area contributed by atoms with Crippen molar-refractivity contribution < 1.29 is 18.7 Å². The summed E-state index contributed by atoms with van der Waals surface area (Å²) < 4.78 is 14.9. The van der Waals surface area contributed by atoms with E-state index in [9.17, 15) is 14.0 Å². The van der Waals surface area contributed by atoms with Crippen LogP contribution in [0.1, 0.15) is 33.1 Å². The number of aryl methyl sites for hydroxylation is 1. The van der Waals surface area contributed by atoms with Crippen LogP contribution in [0.15, 0.2) is 72.8 Å². The summed E-state index contributed by atoms with van der Waals surface area (Å²) in [7, 11) is 0. The van der Waals surface area contributed by atoms with Crippen LogP contribution in [-0.4, -0.2) is 28.8 Å². The lowest BCUT2D eigenvalue weighted by atomic mass is 9.99. The van der Waals surface area contributed by atoms with Gasteiger partial charge in [0.2, 0.25) is 12.3 Å². The van der Waals surface area contributed by atoms with Gasteiger partial charge in [-0.05, 0) is 55.5 Å². The summed E-state index contributed by atoms with van der Waals surface area (Å²) >= 11 is 6.03. The molecule has 0 bridgehead atoms. The second-order valence-corrected chi connectivity index (χ2v) is 7.82. The van der Waals surface area contributed by atoms with Crippen LogP contribution >= 0.6 is 11.6 Å². The highest BCUT2D eigenvalue weighted by atomic mass is 35.5. The molecule has 1 fully saturated rings. The SMILES string of the molecule is Cc1cccc(C(=O)N[C@H]2C(=O)N/[N+](=C\c3ccc(F)cc3)[C@H]2c2ccc(Cl)cc2)c1. The van der Waals surface area contributed by atoms with Crippen molar-refractivity contribution >= 4 is 29.6 Å². The zero-order chi connectivity index (χ0) is 22.0. The zero-order valence-corrected chi connectivity index (χ0v) is 17.4. The van der Waals surface area contributed by atoms with Gasteiger partial charge in [0.25, 0.3) is 5.91 Å². The molecule has 1 saturated heterocycles. The maximum atomic E-state index is 13.3. The summed E-state index contributed by atoms with van der Waals surface area (Å²) in [6.45, 7) is 1.90. The van der Waals surface area contributed by atoms with Crippen LogP contribution in [0, 0.1) is 12.7 Å². The second kappa shape index (κ2) is 8.70. The van der Waals surface area contributed by atoms with E-state index < -0.39 is 12.1 Å². The van der Waals surface area contributed by atoms with Gasteiger partial charge in [-0.2, -0.15) is 0 Å². The van der Waals surface area contributed by atoms with Crippen LogP contribution in [-0.2, 0) is 4.79 Å². The fraction of sp³-hybridized carbons (Fsp3) is 0.125. The predicted octanol–water partition coefficient (Wildman–Crippen LogP) is 3.80. The number of nitrogens with one attached hydrogen (secondary N) is 2. The van der Waals surface area contributed by atoms with Gasteiger partial charge in [-0.3, -0.25) is 9.59 Å². The van der Waals surface area contributed by atoms with Gasteiger partial charge in [-0.1, -0.05) is 41.4 Å². The lowest BCUT2D eigenvalue weighted by Crippen LogP contribution is -2.42. The lowest BCUT2D eigenvalue weighted by molar-refractivity contribution is -0.596. The molecule has 0 unspecified atom stereocenters. The minimum atomic E-state index is -0.842. The van der Waals surface area contributed by atoms with Gasteiger partial charge in [-0.25, -0.2) is 4.39 Å². The third-order valence-corrected chi connectivity index (χ3v) is 5.33. The fourth-order valence-electron chi connectivity index (χ4n) is 3.56. The summed E-state index contributed by atoms with van der Waals surface area (Å²) in [5.41, 5.74) is 5.71. The Morgan fingerprint density at radius 2 is 1.81 bits per heavy atom. The molecule has 0 aromatic heterocycles. The molecule has 0 spiro atoms. The molecule has 2 N–H and O–H groups in total. The number of halogens is 2. The van der Waals surface area contributed by atoms with E-state index >= 15 is 0 Å². The number of rotatable bonds is 4. The fourth-order valence-corrected chi connectivity index (χ4v) is 3.69. The zero-order valence-electron chi connectivity index (χ0n) is 16.7. The van der Waals surface area contributed by atoms with Gasteiger partial charge >= 0.3 is 5.91 Å². The van der Waals surface area contributed by atoms with Gasteiger partial charge in [-0.15, -0.1) is 10.1 Å². The van der Waals surface area contributed by atoms with Crippen molar-refractivity contribution in [1.29, 1.82) is 0 Å². The van der Waals surface area contributed by atoms with Crippen molar-refractivity contribution in [3.8, 4) is 0 Å². The first-order valence-corrected chi connectivity index (χ1v) is 10.1. The number of amides is 2. The van der Waals surface area contributed by atoms with E-state index in [0.717, 1.165) is 11.1 Å². The van der Waals surface area contributed by atoms with Crippen molar-refractivity contribution in [1.82, 2.24) is 10.7 Å². The van der Waals surface area contributed by atoms with Crippen molar-refractivity contribution in [2.75, 3.05) is 0 Å². The van der Waals surface area contributed by atoms with Crippen LogP contribution in [0.2, 0.25) is 5.02 Å². The first-order valence-electron chi connectivity index (χ1n) is 9.73. The molecule has 7 heteroatoms. The summed E-state index contributed by atoms with van der Waals surface area (Å²) in [5.74, 6) is -1.04. The molecule has 0 radical (unpaired) electrons. The number of carbonyl (C=O) groups excluding carboxylic acids is 2. The number of carbonyl (C=O) groups is 2. The molecule has 1 heterocycles. The summed E-state index contributed by atoms with van der Waals surface area (Å²) in [4.78, 5) is 25.7. The normalized spacial score (nSPS) is 19.3. The van der Waals surface area contributed by atoms with Crippen LogP contribution in [0.4, 0.5) is 4.39 Å². The number of benzene rings is 3. The van der Waals surface area contributed by atoms with E-state index in [2.05, 4.69) is 10.7 Å². The van der Waals surface area contributed by atoms with Crippen LogP contribution in [0.3, 0.4) is 0 Å². The minimum absolute atomic E-state index is 0.341. The van der Waals surface area contributed by atoms with E-state index in [4.69, 9.17) is 11.6 Å². The molecule has 5 nitrogen and oxygen atoms in total. The molecule has 31 heavy (non-hydrogen) atoms. The monoisotopic (exact) mass is 436 g/mol. The lowest BCUT2D eigenvalue weighted by Gasteiger charge is -2.15. The molecular formula is C24H20ClFN3O2+. The van der Waals surface area contributed by atoms with Crippen LogP contribution in [0.5, 0.6) is 0 Å². The second-order valence-electron chi connectivity index (χ2n) is 7.38. The Balaban J connectivity index is 1.70. The molecule has 0 saturated carbocycles. The third kappa shape index (κ3) is 4.64. The van der Waals surface area contributed by atoms with E-state index in [1.165, 1.54) is 12.1 Å². The van der Waals surface area contributed by atoms with Crippen molar-refractivity contribution in [3.63, 3.8) is 0 Å². The highest BCUT2D eigenvalue weighted by Gasteiger charge is 2.47. The molecule has 2 amide bonds. The standard InChI is InChI=1S/C24H19ClFN3O2/c1-15-3-2-4-18(13-15)23(30)27-21-22(17-7-9-19(25)10-8-17)29(28-24(21)31)14-16-5-11-20(26)12-6-16/h2-14,21-22H,1H3,(H-,27,28,30,31)/p+1/b29-14-/t21-,22+/m1/s1. The molecule has 1 aliphatic heterocycles. The maximum absolute atomic E-state index is 13.3. The number of hydrazine groups is 1. The van der Waals surface area contributed by atoms with Crippen LogP contribution in [0.25, 0.3) is 0 Å². The van der Waals surface area contributed by atoms with Crippen molar-refractivity contribution in [3.05, 3.63) is 106 Å². The predicted molar refractivity (Wildman–Crippen MR) is 117 cm³/mol. The molecule has 3 aromatic carbocycles. The van der Waals surface area contributed by atoms with E-state index in [1.807, 2.05) is 25.1 Å². The van der Waals surface area contributed by atoms with Crippen molar-refractivity contribution in [2.24, 2.45) is 0 Å².